The van der Waals surface area contributed by atoms with Gasteiger partial charge in [0.25, 0.3) is 0 Å². The predicted molar refractivity (Wildman–Crippen MR) is 81.1 cm³/mol. The minimum Gasteiger partial charge on any atom is -0.497 e. The second kappa shape index (κ2) is 5.49. The van der Waals surface area contributed by atoms with Gasteiger partial charge < -0.3 is 9.47 Å². The molecule has 4 heteroatoms. The summed E-state index contributed by atoms with van der Waals surface area (Å²) in [7, 11) is 3.28. The molecule has 0 bridgehead atoms. The molecule has 0 spiro atoms. The molecule has 2 aromatic rings. The monoisotopic (exact) mass is 291 g/mol. The number of fused-ring (bicyclic) bond motifs is 1. The fraction of sp³-hybridized carbons (Fsp3) is 0.438. The number of ether oxygens (including phenoxy) is 2. The van der Waals surface area contributed by atoms with Crippen molar-refractivity contribution in [3.8, 4) is 11.5 Å². The van der Waals surface area contributed by atoms with Crippen LogP contribution < -0.4 is 9.47 Å². The maximum atomic E-state index is 6.46. The first-order chi connectivity index (χ1) is 9.72. The zero-order valence-corrected chi connectivity index (χ0v) is 12.5. The van der Waals surface area contributed by atoms with Crippen molar-refractivity contribution in [1.82, 2.24) is 4.98 Å². The molecule has 106 valence electrons. The third-order valence-electron chi connectivity index (χ3n) is 4.05. The molecule has 1 aromatic heterocycles. The average Bonchev–Trinajstić information content (AvgIpc) is 2.99. The predicted octanol–water partition coefficient (Wildman–Crippen LogP) is 4.56. The van der Waals surface area contributed by atoms with Crippen molar-refractivity contribution in [2.75, 3.05) is 14.2 Å². The van der Waals surface area contributed by atoms with Gasteiger partial charge in [0.2, 0.25) is 0 Å². The molecular weight excluding hydrogens is 274 g/mol. The van der Waals surface area contributed by atoms with Crippen molar-refractivity contribution in [2.24, 2.45) is 0 Å². The number of halogens is 1. The van der Waals surface area contributed by atoms with E-state index in [0.717, 1.165) is 22.3 Å². The minimum absolute atomic E-state index is 0.536. The van der Waals surface area contributed by atoms with E-state index in [4.69, 9.17) is 26.1 Å². The number of hydrogen-bond acceptors (Lipinski definition) is 3. The van der Waals surface area contributed by atoms with Crippen LogP contribution in [-0.4, -0.2) is 19.2 Å². The number of benzene rings is 1. The summed E-state index contributed by atoms with van der Waals surface area (Å²) in [6.07, 6.45) is 4.97. The summed E-state index contributed by atoms with van der Waals surface area (Å²) in [5, 5.41) is 1.56. The van der Waals surface area contributed by atoms with E-state index in [1.807, 2.05) is 18.2 Å². The molecule has 0 amide bonds. The van der Waals surface area contributed by atoms with Gasteiger partial charge in [-0.1, -0.05) is 24.4 Å². The highest BCUT2D eigenvalue weighted by Gasteiger charge is 2.21. The summed E-state index contributed by atoms with van der Waals surface area (Å²) in [4.78, 5) is 4.79. The Hall–Kier alpha value is -1.48. The lowest BCUT2D eigenvalue weighted by molar-refractivity contribution is 0.398. The van der Waals surface area contributed by atoms with Crippen molar-refractivity contribution in [3.63, 3.8) is 0 Å². The molecule has 0 atom stereocenters. The van der Waals surface area contributed by atoms with Gasteiger partial charge in [-0.3, -0.25) is 4.98 Å². The molecule has 0 N–H and O–H groups in total. The fourth-order valence-corrected chi connectivity index (χ4v) is 3.29. The molecule has 1 fully saturated rings. The van der Waals surface area contributed by atoms with E-state index < -0.39 is 0 Å². The average molecular weight is 292 g/mol. The molecule has 1 aliphatic rings. The number of methoxy groups -OCH3 is 2. The lowest BCUT2D eigenvalue weighted by atomic mass is 10.0. The van der Waals surface area contributed by atoms with Gasteiger partial charge in [-0.05, 0) is 18.9 Å². The number of hydrogen-bond donors (Lipinski definition) is 0. The summed E-state index contributed by atoms with van der Waals surface area (Å²) >= 11 is 6.46. The van der Waals surface area contributed by atoms with Crippen LogP contribution in [0.2, 0.25) is 5.02 Å². The van der Waals surface area contributed by atoms with Crippen LogP contribution in [0.15, 0.2) is 18.2 Å². The normalized spacial score (nSPS) is 15.8. The van der Waals surface area contributed by atoms with E-state index in [1.54, 1.807) is 14.2 Å². The molecule has 20 heavy (non-hydrogen) atoms. The lowest BCUT2D eigenvalue weighted by Crippen LogP contribution is -1.98. The molecule has 3 nitrogen and oxygen atoms in total. The molecule has 0 radical (unpaired) electrons. The topological polar surface area (TPSA) is 31.4 Å². The van der Waals surface area contributed by atoms with Gasteiger partial charge in [0.05, 0.1) is 30.1 Å². The minimum atomic E-state index is 0.536. The van der Waals surface area contributed by atoms with Gasteiger partial charge in [0.1, 0.15) is 11.5 Å². The number of pyridine rings is 1. The van der Waals surface area contributed by atoms with E-state index >= 15 is 0 Å². The van der Waals surface area contributed by atoms with Crippen LogP contribution >= 0.6 is 11.6 Å². The second-order valence-corrected chi connectivity index (χ2v) is 5.64. The maximum Gasteiger partial charge on any atom is 0.133 e. The molecule has 1 aliphatic carbocycles. The lowest BCUT2D eigenvalue weighted by Gasteiger charge is -2.14. The van der Waals surface area contributed by atoms with Gasteiger partial charge in [-0.25, -0.2) is 0 Å². The zero-order chi connectivity index (χ0) is 14.1. The molecule has 0 unspecified atom stereocenters. The molecule has 0 saturated heterocycles. The van der Waals surface area contributed by atoms with Gasteiger partial charge in [0.15, 0.2) is 0 Å². The van der Waals surface area contributed by atoms with E-state index in [1.165, 1.54) is 25.7 Å². The Balaban J connectivity index is 2.18. The highest BCUT2D eigenvalue weighted by molar-refractivity contribution is 6.36. The van der Waals surface area contributed by atoms with Crippen LogP contribution in [0.5, 0.6) is 11.5 Å². The summed E-state index contributed by atoms with van der Waals surface area (Å²) in [6, 6.07) is 5.75. The van der Waals surface area contributed by atoms with Gasteiger partial charge in [0, 0.05) is 23.7 Å². The van der Waals surface area contributed by atoms with Crippen LogP contribution in [0.25, 0.3) is 10.9 Å². The van der Waals surface area contributed by atoms with Crippen molar-refractivity contribution < 1.29 is 9.47 Å². The number of nitrogens with zero attached hydrogens (tertiary/aromatic N) is 1. The first kappa shape index (κ1) is 13.5. The molecule has 1 saturated carbocycles. The van der Waals surface area contributed by atoms with Gasteiger partial charge >= 0.3 is 0 Å². The SMILES string of the molecule is COc1cc(OC)c2c(Cl)cc(C3CCCC3)nc2c1. The highest BCUT2D eigenvalue weighted by Crippen LogP contribution is 2.39. The number of rotatable bonds is 3. The Labute approximate surface area is 123 Å². The Bertz CT molecular complexity index is 636. The third-order valence-corrected chi connectivity index (χ3v) is 4.35. The van der Waals surface area contributed by atoms with Crippen LogP contribution in [0.1, 0.15) is 37.3 Å². The van der Waals surface area contributed by atoms with Crippen LogP contribution in [-0.2, 0) is 0 Å². The van der Waals surface area contributed by atoms with E-state index in [9.17, 15) is 0 Å². The molecular formula is C16H18ClNO2. The number of aromatic nitrogens is 1. The van der Waals surface area contributed by atoms with Crippen molar-refractivity contribution in [1.29, 1.82) is 0 Å². The first-order valence-corrected chi connectivity index (χ1v) is 7.33. The second-order valence-electron chi connectivity index (χ2n) is 5.23. The molecule has 0 aliphatic heterocycles. The van der Waals surface area contributed by atoms with Crippen LogP contribution in [0.4, 0.5) is 0 Å². The quantitative estimate of drug-likeness (QED) is 0.830. The van der Waals surface area contributed by atoms with Gasteiger partial charge in [-0.2, -0.15) is 0 Å². The highest BCUT2D eigenvalue weighted by atomic mass is 35.5. The van der Waals surface area contributed by atoms with E-state index in [-0.39, 0.29) is 0 Å². The van der Waals surface area contributed by atoms with Gasteiger partial charge in [-0.15, -0.1) is 0 Å². The van der Waals surface area contributed by atoms with Crippen molar-refractivity contribution in [2.45, 2.75) is 31.6 Å². The summed E-state index contributed by atoms with van der Waals surface area (Å²) in [5.41, 5.74) is 1.94. The standard InChI is InChI=1S/C16H18ClNO2/c1-19-11-7-14-16(15(8-11)20-2)12(17)9-13(18-14)10-5-3-4-6-10/h7-10H,3-6H2,1-2H3. The summed E-state index contributed by atoms with van der Waals surface area (Å²) in [5.74, 6) is 1.98. The molecule has 3 rings (SSSR count). The van der Waals surface area contributed by atoms with Crippen molar-refractivity contribution in [3.05, 3.63) is 28.9 Å². The van der Waals surface area contributed by atoms with E-state index in [0.29, 0.717) is 16.7 Å². The summed E-state index contributed by atoms with van der Waals surface area (Å²) in [6.45, 7) is 0. The van der Waals surface area contributed by atoms with Crippen LogP contribution in [0.3, 0.4) is 0 Å². The van der Waals surface area contributed by atoms with Crippen molar-refractivity contribution >= 4 is 22.5 Å². The summed E-state index contributed by atoms with van der Waals surface area (Å²) < 4.78 is 10.7. The zero-order valence-electron chi connectivity index (χ0n) is 11.8. The van der Waals surface area contributed by atoms with E-state index in [2.05, 4.69) is 0 Å². The largest absolute Gasteiger partial charge is 0.497 e. The smallest absolute Gasteiger partial charge is 0.133 e. The Morgan fingerprint density at radius 3 is 2.50 bits per heavy atom. The fourth-order valence-electron chi connectivity index (χ4n) is 2.99. The molecule has 1 aromatic carbocycles. The third kappa shape index (κ3) is 2.31. The molecule has 1 heterocycles. The Kier molecular flexibility index (Phi) is 3.70. The first-order valence-electron chi connectivity index (χ1n) is 6.95. The van der Waals surface area contributed by atoms with Crippen LogP contribution in [0, 0.1) is 0 Å². The Morgan fingerprint density at radius 1 is 1.10 bits per heavy atom. The maximum absolute atomic E-state index is 6.46. The Morgan fingerprint density at radius 2 is 1.85 bits per heavy atom.